The number of ether oxygens (including phenoxy) is 1. The standard InChI is InChI=1S/C23H25N3O6/c1-2-3-12-19(24-21(28)22(29)30)20(27)25-26-23(31)32-13-18-16-10-6-4-8-14(16)15-9-5-7-11-17(15)18/h4-11,18-19H,2-3,12-13H2,1H3,(H,24,28)(H,25,27)(H,26,31)(H,29,30). The molecule has 0 aromatic heterocycles. The average molecular weight is 439 g/mol. The summed E-state index contributed by atoms with van der Waals surface area (Å²) >= 11 is 0. The van der Waals surface area contributed by atoms with Crippen LogP contribution in [-0.4, -0.2) is 41.6 Å². The molecule has 32 heavy (non-hydrogen) atoms. The van der Waals surface area contributed by atoms with Crippen molar-refractivity contribution < 1.29 is 29.0 Å². The first-order chi connectivity index (χ1) is 15.4. The number of aliphatic carboxylic acids is 1. The number of carboxylic acids is 1. The molecule has 0 spiro atoms. The third kappa shape index (κ3) is 5.23. The summed E-state index contributed by atoms with van der Waals surface area (Å²) in [5, 5.41) is 10.9. The Bertz CT molecular complexity index is 977. The number of benzene rings is 2. The topological polar surface area (TPSA) is 134 Å². The Morgan fingerprint density at radius 1 is 0.969 bits per heavy atom. The molecule has 0 heterocycles. The molecule has 0 saturated heterocycles. The summed E-state index contributed by atoms with van der Waals surface area (Å²) in [5.41, 5.74) is 8.64. The molecule has 3 rings (SSSR count). The molecule has 1 aliphatic rings. The third-order valence-corrected chi connectivity index (χ3v) is 5.29. The fourth-order valence-electron chi connectivity index (χ4n) is 3.73. The Kier molecular flexibility index (Phi) is 7.43. The van der Waals surface area contributed by atoms with Crippen LogP contribution in [0.5, 0.6) is 0 Å². The highest BCUT2D eigenvalue weighted by Gasteiger charge is 2.29. The lowest BCUT2D eigenvalue weighted by molar-refractivity contribution is -0.151. The van der Waals surface area contributed by atoms with Crippen LogP contribution in [0.2, 0.25) is 0 Å². The van der Waals surface area contributed by atoms with Gasteiger partial charge in [0.2, 0.25) is 0 Å². The minimum absolute atomic E-state index is 0.0742. The molecule has 168 valence electrons. The summed E-state index contributed by atoms with van der Waals surface area (Å²) in [7, 11) is 0. The number of nitrogens with one attached hydrogen (secondary N) is 3. The highest BCUT2D eigenvalue weighted by atomic mass is 16.6. The van der Waals surface area contributed by atoms with E-state index in [1.165, 1.54) is 0 Å². The number of hydrazine groups is 1. The Balaban J connectivity index is 1.56. The number of unbranched alkanes of at least 4 members (excludes halogenated alkanes) is 1. The SMILES string of the molecule is CCCCC(NC(=O)C(=O)O)C(=O)NNC(=O)OCC1c2ccccc2-c2ccccc21. The van der Waals surface area contributed by atoms with E-state index in [9.17, 15) is 19.2 Å². The molecular formula is C23H25N3O6. The number of fused-ring (bicyclic) bond motifs is 3. The van der Waals surface area contributed by atoms with Gasteiger partial charge >= 0.3 is 18.0 Å². The molecule has 1 aliphatic carbocycles. The van der Waals surface area contributed by atoms with Crippen molar-refractivity contribution >= 4 is 23.9 Å². The maximum absolute atomic E-state index is 12.3. The lowest BCUT2D eigenvalue weighted by Crippen LogP contribution is -2.53. The number of hydrogen-bond donors (Lipinski definition) is 4. The van der Waals surface area contributed by atoms with Crippen LogP contribution in [0.4, 0.5) is 4.79 Å². The number of amides is 3. The molecule has 0 bridgehead atoms. The summed E-state index contributed by atoms with van der Waals surface area (Å²) in [6.07, 6.45) is 0.697. The molecule has 9 nitrogen and oxygen atoms in total. The van der Waals surface area contributed by atoms with Crippen LogP contribution in [0.3, 0.4) is 0 Å². The lowest BCUT2D eigenvalue weighted by atomic mass is 9.98. The van der Waals surface area contributed by atoms with Crippen LogP contribution < -0.4 is 16.2 Å². The van der Waals surface area contributed by atoms with Gasteiger partial charge in [0.1, 0.15) is 12.6 Å². The van der Waals surface area contributed by atoms with Crippen molar-refractivity contribution in [3.05, 3.63) is 59.7 Å². The molecule has 2 aromatic rings. The van der Waals surface area contributed by atoms with Crippen molar-refractivity contribution in [2.24, 2.45) is 0 Å². The van der Waals surface area contributed by atoms with Gasteiger partial charge in [0.25, 0.3) is 5.91 Å². The van der Waals surface area contributed by atoms with Gasteiger partial charge in [-0.05, 0) is 28.7 Å². The summed E-state index contributed by atoms with van der Waals surface area (Å²) < 4.78 is 5.32. The van der Waals surface area contributed by atoms with Gasteiger partial charge in [0, 0.05) is 5.92 Å². The fraction of sp³-hybridized carbons (Fsp3) is 0.304. The van der Waals surface area contributed by atoms with Crippen LogP contribution in [0.25, 0.3) is 11.1 Å². The smallest absolute Gasteiger partial charge is 0.426 e. The molecule has 0 aliphatic heterocycles. The van der Waals surface area contributed by atoms with Crippen molar-refractivity contribution in [1.82, 2.24) is 16.2 Å². The number of carbonyl (C=O) groups excluding carboxylic acids is 3. The molecule has 0 fully saturated rings. The molecule has 2 aromatic carbocycles. The van der Waals surface area contributed by atoms with Gasteiger partial charge in [-0.25, -0.2) is 15.0 Å². The lowest BCUT2D eigenvalue weighted by Gasteiger charge is -2.18. The Hall–Kier alpha value is -3.88. The normalized spacial score (nSPS) is 12.8. The van der Waals surface area contributed by atoms with Gasteiger partial charge in [-0.1, -0.05) is 68.3 Å². The monoisotopic (exact) mass is 439 g/mol. The maximum Gasteiger partial charge on any atom is 0.426 e. The van der Waals surface area contributed by atoms with Gasteiger partial charge in [0.05, 0.1) is 0 Å². The highest BCUT2D eigenvalue weighted by Crippen LogP contribution is 2.44. The summed E-state index contributed by atoms with van der Waals surface area (Å²) in [5.74, 6) is -3.84. The zero-order chi connectivity index (χ0) is 23.1. The molecule has 3 amide bonds. The van der Waals surface area contributed by atoms with Gasteiger partial charge in [-0.15, -0.1) is 0 Å². The number of hydrogen-bond acceptors (Lipinski definition) is 5. The Morgan fingerprint density at radius 3 is 2.12 bits per heavy atom. The van der Waals surface area contributed by atoms with Crippen molar-refractivity contribution in [2.45, 2.75) is 38.1 Å². The van der Waals surface area contributed by atoms with Crippen molar-refractivity contribution in [3.63, 3.8) is 0 Å². The van der Waals surface area contributed by atoms with Crippen molar-refractivity contribution in [2.75, 3.05) is 6.61 Å². The zero-order valence-electron chi connectivity index (χ0n) is 17.6. The molecule has 1 atom stereocenters. The fourth-order valence-corrected chi connectivity index (χ4v) is 3.73. The first-order valence-corrected chi connectivity index (χ1v) is 10.4. The van der Waals surface area contributed by atoms with E-state index in [1.807, 2.05) is 55.5 Å². The number of carbonyl (C=O) groups is 4. The number of rotatable bonds is 7. The largest absolute Gasteiger partial charge is 0.474 e. The van der Waals surface area contributed by atoms with E-state index in [2.05, 4.69) is 16.2 Å². The maximum atomic E-state index is 12.3. The quantitative estimate of drug-likeness (QED) is 0.386. The summed E-state index contributed by atoms with van der Waals surface area (Å²) in [6.45, 7) is 1.97. The van der Waals surface area contributed by atoms with Gasteiger partial charge < -0.3 is 15.2 Å². The average Bonchev–Trinajstić information content (AvgIpc) is 3.12. The van der Waals surface area contributed by atoms with E-state index in [1.54, 1.807) is 0 Å². The van der Waals surface area contributed by atoms with Crippen LogP contribution in [0, 0.1) is 0 Å². The second-order valence-corrected chi connectivity index (χ2v) is 7.41. The Labute approximate surface area is 185 Å². The Morgan fingerprint density at radius 2 is 1.56 bits per heavy atom. The van der Waals surface area contributed by atoms with Gasteiger partial charge in [-0.3, -0.25) is 15.0 Å². The minimum Gasteiger partial charge on any atom is -0.474 e. The van der Waals surface area contributed by atoms with Gasteiger partial charge in [-0.2, -0.15) is 0 Å². The van der Waals surface area contributed by atoms with Crippen molar-refractivity contribution in [3.8, 4) is 11.1 Å². The molecule has 4 N–H and O–H groups in total. The minimum atomic E-state index is -1.69. The number of carboxylic acid groups (broad SMARTS) is 1. The zero-order valence-corrected chi connectivity index (χ0v) is 17.6. The first-order valence-electron chi connectivity index (χ1n) is 10.4. The third-order valence-electron chi connectivity index (χ3n) is 5.29. The molecular weight excluding hydrogens is 414 g/mol. The van der Waals surface area contributed by atoms with Crippen LogP contribution in [-0.2, 0) is 19.1 Å². The van der Waals surface area contributed by atoms with E-state index in [0.717, 1.165) is 28.7 Å². The molecule has 0 radical (unpaired) electrons. The van der Waals surface area contributed by atoms with Crippen molar-refractivity contribution in [1.29, 1.82) is 0 Å². The molecule has 9 heteroatoms. The molecule has 0 saturated carbocycles. The van der Waals surface area contributed by atoms with E-state index in [0.29, 0.717) is 6.42 Å². The van der Waals surface area contributed by atoms with Crippen LogP contribution in [0.1, 0.15) is 43.2 Å². The second-order valence-electron chi connectivity index (χ2n) is 7.41. The summed E-state index contributed by atoms with van der Waals surface area (Å²) in [6, 6.07) is 14.7. The van der Waals surface area contributed by atoms with Crippen LogP contribution >= 0.6 is 0 Å². The van der Waals surface area contributed by atoms with Gasteiger partial charge in [0.15, 0.2) is 0 Å². The summed E-state index contributed by atoms with van der Waals surface area (Å²) in [4.78, 5) is 46.6. The predicted octanol–water partition coefficient (Wildman–Crippen LogP) is 2.32. The highest BCUT2D eigenvalue weighted by molar-refractivity contribution is 6.32. The van der Waals surface area contributed by atoms with E-state index < -0.39 is 29.9 Å². The van der Waals surface area contributed by atoms with Crippen LogP contribution in [0.15, 0.2) is 48.5 Å². The van der Waals surface area contributed by atoms with E-state index in [-0.39, 0.29) is 18.9 Å². The molecule has 1 unspecified atom stereocenters. The second kappa shape index (κ2) is 10.4. The predicted molar refractivity (Wildman–Crippen MR) is 115 cm³/mol. The first kappa shape index (κ1) is 22.8. The van der Waals surface area contributed by atoms with E-state index in [4.69, 9.17) is 9.84 Å². The van der Waals surface area contributed by atoms with E-state index >= 15 is 0 Å².